The molecular formula is C24H34N4O6S. The van der Waals surface area contributed by atoms with Gasteiger partial charge in [-0.25, -0.2) is 4.79 Å². The van der Waals surface area contributed by atoms with E-state index in [0.717, 1.165) is 10.5 Å². The van der Waals surface area contributed by atoms with Gasteiger partial charge >= 0.3 is 12.1 Å². The normalized spacial score (nSPS) is 12.5. The number of nitrogens with one attached hydrogen (secondary N) is 2. The van der Waals surface area contributed by atoms with Crippen LogP contribution in [0.5, 0.6) is 0 Å². The molecule has 0 radical (unpaired) electrons. The Labute approximate surface area is 210 Å². The maximum absolute atomic E-state index is 13.6. The first kappa shape index (κ1) is 29.8. The Kier molecular flexibility index (Phi) is 12.1. The summed E-state index contributed by atoms with van der Waals surface area (Å²) in [5.41, 5.74) is 0.606. The van der Waals surface area contributed by atoms with Crippen molar-refractivity contribution < 1.29 is 28.7 Å². The predicted octanol–water partition coefficient (Wildman–Crippen LogP) is 2.32. The van der Waals surface area contributed by atoms with Gasteiger partial charge in [-0.1, -0.05) is 29.8 Å². The number of hydrogen-bond acceptors (Lipinski definition) is 8. The van der Waals surface area contributed by atoms with Gasteiger partial charge in [0.05, 0.1) is 13.2 Å². The summed E-state index contributed by atoms with van der Waals surface area (Å²) in [6, 6.07) is 6.57. The third kappa shape index (κ3) is 10.3. The Balaban J connectivity index is 3.37. The fourth-order valence-electron chi connectivity index (χ4n) is 3.07. The second-order valence-corrected chi connectivity index (χ2v) is 9.70. The van der Waals surface area contributed by atoms with Crippen LogP contribution in [0, 0.1) is 18.3 Å². The van der Waals surface area contributed by atoms with E-state index in [1.807, 2.05) is 19.2 Å². The van der Waals surface area contributed by atoms with Gasteiger partial charge in [-0.3, -0.25) is 14.4 Å². The minimum atomic E-state index is -1.22. The van der Waals surface area contributed by atoms with Gasteiger partial charge in [-0.2, -0.15) is 17.0 Å². The van der Waals surface area contributed by atoms with E-state index in [1.165, 1.54) is 18.9 Å². The van der Waals surface area contributed by atoms with Crippen LogP contribution in [0.3, 0.4) is 0 Å². The number of methoxy groups -OCH3 is 1. The number of nitriles is 1. The number of alkyl carbamates (subject to hydrolysis) is 1. The molecule has 0 aromatic heterocycles. The Morgan fingerprint density at radius 2 is 1.80 bits per heavy atom. The molecule has 0 heterocycles. The highest BCUT2D eigenvalue weighted by molar-refractivity contribution is 7.98. The summed E-state index contributed by atoms with van der Waals surface area (Å²) >= 11 is 1.48. The summed E-state index contributed by atoms with van der Waals surface area (Å²) in [6.45, 7) is 6.15. The van der Waals surface area contributed by atoms with Crippen LogP contribution in [0.25, 0.3) is 0 Å². The summed E-state index contributed by atoms with van der Waals surface area (Å²) in [7, 11) is 1.19. The molecule has 2 N–H and O–H groups in total. The van der Waals surface area contributed by atoms with Crippen molar-refractivity contribution in [1.29, 1.82) is 5.26 Å². The Bertz CT molecular complexity index is 923. The summed E-state index contributed by atoms with van der Waals surface area (Å²) in [5.74, 6) is -1.41. The molecule has 35 heavy (non-hydrogen) atoms. The smallest absolute Gasteiger partial charge is 0.408 e. The molecule has 192 valence electrons. The van der Waals surface area contributed by atoms with Crippen molar-refractivity contribution in [2.24, 2.45) is 0 Å². The lowest BCUT2D eigenvalue weighted by molar-refractivity contribution is -0.144. The number of aryl methyl sites for hydroxylation is 1. The van der Waals surface area contributed by atoms with Crippen molar-refractivity contribution >= 4 is 35.6 Å². The van der Waals surface area contributed by atoms with Gasteiger partial charge in [-0.05, 0) is 51.7 Å². The van der Waals surface area contributed by atoms with Gasteiger partial charge < -0.3 is 25.0 Å². The van der Waals surface area contributed by atoms with E-state index in [9.17, 15) is 24.4 Å². The zero-order valence-corrected chi connectivity index (χ0v) is 21.9. The lowest BCUT2D eigenvalue weighted by Gasteiger charge is -2.33. The molecule has 0 saturated carbocycles. The second kappa shape index (κ2) is 14.2. The zero-order valence-electron chi connectivity index (χ0n) is 21.0. The van der Waals surface area contributed by atoms with Crippen molar-refractivity contribution in [3.8, 4) is 6.07 Å². The van der Waals surface area contributed by atoms with E-state index >= 15 is 0 Å². The largest absolute Gasteiger partial charge is 0.468 e. The van der Waals surface area contributed by atoms with Crippen molar-refractivity contribution in [3.05, 3.63) is 35.4 Å². The average Bonchev–Trinajstić information content (AvgIpc) is 2.79. The fraction of sp³-hybridized carbons (Fsp3) is 0.542. The minimum Gasteiger partial charge on any atom is -0.468 e. The van der Waals surface area contributed by atoms with Gasteiger partial charge in [0.25, 0.3) is 0 Å². The lowest BCUT2D eigenvalue weighted by Crippen LogP contribution is -2.53. The highest BCUT2D eigenvalue weighted by Crippen LogP contribution is 2.24. The van der Waals surface area contributed by atoms with Gasteiger partial charge in [0, 0.05) is 0 Å². The number of thioether (sulfide) groups is 1. The van der Waals surface area contributed by atoms with Gasteiger partial charge in [0.1, 0.15) is 30.8 Å². The standard InChI is InChI=1S/C24H34N4O6S/c1-16-7-9-17(10-8-16)20(21(30)26-15-19(29)33-5)28(13-12-25)22(31)18(11-14-35-6)27-23(32)34-24(2,3)4/h7-10,18,20H,11,13-15H2,1-6H3,(H,26,30)(H,27,32). The fourth-order valence-corrected chi connectivity index (χ4v) is 3.54. The molecule has 0 bridgehead atoms. The maximum atomic E-state index is 13.6. The number of rotatable bonds is 11. The molecule has 0 spiro atoms. The van der Waals surface area contributed by atoms with Crippen LogP contribution in [0.1, 0.15) is 44.4 Å². The van der Waals surface area contributed by atoms with Crippen molar-refractivity contribution in [3.63, 3.8) is 0 Å². The molecule has 11 heteroatoms. The summed E-state index contributed by atoms with van der Waals surface area (Å²) in [5, 5.41) is 14.5. The molecule has 2 atom stereocenters. The molecule has 0 fully saturated rings. The number of benzene rings is 1. The number of carbonyl (C=O) groups is 4. The van der Waals surface area contributed by atoms with Crippen molar-refractivity contribution in [2.45, 2.75) is 51.8 Å². The van der Waals surface area contributed by atoms with Gasteiger partial charge in [-0.15, -0.1) is 0 Å². The first-order chi connectivity index (χ1) is 16.4. The van der Waals surface area contributed by atoms with Crippen LogP contribution in [0.2, 0.25) is 0 Å². The van der Waals surface area contributed by atoms with Gasteiger partial charge in [0.15, 0.2) is 0 Å². The molecule has 1 aromatic rings. The Hall–Kier alpha value is -3.26. The predicted molar refractivity (Wildman–Crippen MR) is 132 cm³/mol. The second-order valence-electron chi connectivity index (χ2n) is 8.71. The summed E-state index contributed by atoms with van der Waals surface area (Å²) in [4.78, 5) is 51.9. The Morgan fingerprint density at radius 1 is 1.17 bits per heavy atom. The first-order valence-electron chi connectivity index (χ1n) is 11.0. The molecule has 10 nitrogen and oxygen atoms in total. The van der Waals surface area contributed by atoms with Crippen LogP contribution in [0.4, 0.5) is 4.79 Å². The average molecular weight is 507 g/mol. The topological polar surface area (TPSA) is 138 Å². The van der Waals surface area contributed by atoms with E-state index in [2.05, 4.69) is 15.4 Å². The van der Waals surface area contributed by atoms with Crippen molar-refractivity contribution in [2.75, 3.05) is 32.2 Å². The number of hydrogen-bond donors (Lipinski definition) is 2. The number of carbonyl (C=O) groups excluding carboxylic acids is 4. The molecule has 3 amide bonds. The van der Waals surface area contributed by atoms with Crippen LogP contribution in [-0.4, -0.2) is 72.6 Å². The highest BCUT2D eigenvalue weighted by Gasteiger charge is 2.36. The molecule has 0 aliphatic heterocycles. The summed E-state index contributed by atoms with van der Waals surface area (Å²) in [6.07, 6.45) is 1.33. The lowest BCUT2D eigenvalue weighted by atomic mass is 10.0. The zero-order chi connectivity index (χ0) is 26.6. The third-order valence-corrected chi connectivity index (χ3v) is 5.36. The molecule has 0 aliphatic carbocycles. The van der Waals surface area contributed by atoms with Crippen molar-refractivity contribution in [1.82, 2.24) is 15.5 Å². The quantitative estimate of drug-likeness (QED) is 0.344. The van der Waals surface area contributed by atoms with E-state index < -0.39 is 54.7 Å². The van der Waals surface area contributed by atoms with Crippen LogP contribution in [-0.2, 0) is 23.9 Å². The number of esters is 1. The van der Waals surface area contributed by atoms with Crippen LogP contribution in [0.15, 0.2) is 24.3 Å². The van der Waals surface area contributed by atoms with E-state index in [4.69, 9.17) is 4.74 Å². The van der Waals surface area contributed by atoms with Crippen LogP contribution >= 0.6 is 11.8 Å². The van der Waals surface area contributed by atoms with E-state index in [-0.39, 0.29) is 6.42 Å². The third-order valence-electron chi connectivity index (χ3n) is 4.71. The summed E-state index contributed by atoms with van der Waals surface area (Å²) < 4.78 is 9.87. The van der Waals surface area contributed by atoms with E-state index in [1.54, 1.807) is 45.0 Å². The monoisotopic (exact) mass is 506 g/mol. The van der Waals surface area contributed by atoms with Gasteiger partial charge in [0.2, 0.25) is 11.8 Å². The van der Waals surface area contributed by atoms with E-state index in [0.29, 0.717) is 11.3 Å². The molecule has 1 rings (SSSR count). The molecule has 2 unspecified atom stereocenters. The molecule has 0 aliphatic rings. The Morgan fingerprint density at radius 3 is 2.31 bits per heavy atom. The number of amides is 3. The number of ether oxygens (including phenoxy) is 2. The maximum Gasteiger partial charge on any atom is 0.408 e. The number of nitrogens with zero attached hydrogens (tertiary/aromatic N) is 2. The highest BCUT2D eigenvalue weighted by atomic mass is 32.2. The molecular weight excluding hydrogens is 472 g/mol. The molecule has 1 aromatic carbocycles. The minimum absolute atomic E-state index is 0.256. The SMILES string of the molecule is COC(=O)CNC(=O)C(c1ccc(C)cc1)N(CC#N)C(=O)C(CCSC)NC(=O)OC(C)(C)C. The first-order valence-corrected chi connectivity index (χ1v) is 12.4. The molecule has 0 saturated heterocycles. The van der Waals surface area contributed by atoms with Crippen LogP contribution < -0.4 is 10.6 Å².